The van der Waals surface area contributed by atoms with E-state index in [1.54, 1.807) is 51.1 Å². The normalized spacial score (nSPS) is 14.4. The number of hydrogen-bond donors (Lipinski definition) is 3. The van der Waals surface area contributed by atoms with E-state index in [9.17, 15) is 24.2 Å². The number of amides is 1. The van der Waals surface area contributed by atoms with E-state index in [2.05, 4.69) is 5.32 Å². The van der Waals surface area contributed by atoms with Gasteiger partial charge >= 0.3 is 12.1 Å². The summed E-state index contributed by atoms with van der Waals surface area (Å²) in [5, 5.41) is 22.0. The van der Waals surface area contributed by atoms with Crippen LogP contribution in [-0.2, 0) is 16.0 Å². The maximum atomic E-state index is 14.0. The van der Waals surface area contributed by atoms with E-state index in [1.807, 2.05) is 12.1 Å². The molecule has 2 unspecified atom stereocenters. The van der Waals surface area contributed by atoms with Crippen LogP contribution in [0.25, 0.3) is 11.1 Å². The molecule has 0 spiro atoms. The van der Waals surface area contributed by atoms with Crippen molar-refractivity contribution in [2.75, 3.05) is 6.61 Å². The van der Waals surface area contributed by atoms with Crippen LogP contribution in [0.5, 0.6) is 0 Å². The summed E-state index contributed by atoms with van der Waals surface area (Å²) in [7, 11) is 0. The number of aliphatic carboxylic acids is 1. The molecule has 2 atom stereocenters. The lowest BCUT2D eigenvalue weighted by Crippen LogP contribution is -2.53. The van der Waals surface area contributed by atoms with Crippen LogP contribution in [-0.4, -0.2) is 40.5 Å². The van der Waals surface area contributed by atoms with E-state index < -0.39 is 35.7 Å². The Morgan fingerprint density at radius 2 is 1.68 bits per heavy atom. The van der Waals surface area contributed by atoms with Gasteiger partial charge in [-0.3, -0.25) is 4.79 Å². The molecule has 0 aromatic heterocycles. The van der Waals surface area contributed by atoms with Crippen molar-refractivity contribution in [3.05, 3.63) is 59.9 Å². The van der Waals surface area contributed by atoms with E-state index in [0.29, 0.717) is 12.0 Å². The van der Waals surface area contributed by atoms with Crippen LogP contribution >= 0.6 is 0 Å². The van der Waals surface area contributed by atoms with Crippen molar-refractivity contribution in [2.24, 2.45) is 5.41 Å². The number of carbonyl (C=O) groups is 2. The van der Waals surface area contributed by atoms with Crippen molar-refractivity contribution in [1.29, 1.82) is 0 Å². The lowest BCUT2D eigenvalue weighted by atomic mass is 9.80. The first-order chi connectivity index (χ1) is 14.5. The average Bonchev–Trinajstić information content (AvgIpc) is 2.70. The number of carboxylic acids is 1. The minimum atomic E-state index is -1.58. The highest BCUT2D eigenvalue weighted by Crippen LogP contribution is 2.27. The summed E-state index contributed by atoms with van der Waals surface area (Å²) in [6, 6.07) is 12.9. The molecule has 0 bridgehead atoms. The predicted molar refractivity (Wildman–Crippen MR) is 116 cm³/mol. The zero-order valence-corrected chi connectivity index (χ0v) is 18.3. The topological polar surface area (TPSA) is 95.9 Å². The molecule has 6 nitrogen and oxygen atoms in total. The number of benzene rings is 2. The van der Waals surface area contributed by atoms with Crippen molar-refractivity contribution in [1.82, 2.24) is 5.32 Å². The number of carboxylic acid groups (broad SMARTS) is 1. The fourth-order valence-corrected chi connectivity index (χ4v) is 3.18. The fourth-order valence-electron chi connectivity index (χ4n) is 3.18. The molecule has 31 heavy (non-hydrogen) atoms. The van der Waals surface area contributed by atoms with Gasteiger partial charge in [-0.15, -0.1) is 0 Å². The summed E-state index contributed by atoms with van der Waals surface area (Å²) in [5.41, 5.74) is -0.199. The van der Waals surface area contributed by atoms with Crippen LogP contribution in [0.15, 0.2) is 48.5 Å². The summed E-state index contributed by atoms with van der Waals surface area (Å²) in [4.78, 5) is 24.1. The first-order valence-electron chi connectivity index (χ1n) is 10.1. The molecule has 2 rings (SSSR count). The second-order valence-electron chi connectivity index (χ2n) is 8.79. The molecule has 0 aliphatic heterocycles. The zero-order chi connectivity index (χ0) is 23.2. The molecule has 0 saturated heterocycles. The molecule has 2 aromatic rings. The van der Waals surface area contributed by atoms with Gasteiger partial charge in [0.05, 0.1) is 12.6 Å². The van der Waals surface area contributed by atoms with Crippen molar-refractivity contribution < 1.29 is 28.9 Å². The summed E-state index contributed by atoms with van der Waals surface area (Å²) < 4.78 is 19.2. The van der Waals surface area contributed by atoms with Crippen molar-refractivity contribution in [3.8, 4) is 11.1 Å². The number of aryl methyl sites for hydroxylation is 1. The predicted octanol–water partition coefficient (Wildman–Crippen LogP) is 4.40. The summed E-state index contributed by atoms with van der Waals surface area (Å²) >= 11 is 0. The van der Waals surface area contributed by atoms with Gasteiger partial charge in [-0.1, -0.05) is 42.5 Å². The van der Waals surface area contributed by atoms with Gasteiger partial charge in [-0.05, 0) is 57.7 Å². The van der Waals surface area contributed by atoms with Gasteiger partial charge in [0.1, 0.15) is 16.8 Å². The summed E-state index contributed by atoms with van der Waals surface area (Å²) in [6.07, 6.45) is -0.0314. The molecule has 1 amide bonds. The van der Waals surface area contributed by atoms with Crippen LogP contribution in [0.2, 0.25) is 0 Å². The van der Waals surface area contributed by atoms with E-state index in [0.717, 1.165) is 11.1 Å². The Balaban J connectivity index is 2.16. The lowest BCUT2D eigenvalue weighted by Gasteiger charge is -2.33. The monoisotopic (exact) mass is 431 g/mol. The Labute approximate surface area is 182 Å². The molecule has 0 fully saturated rings. The third-order valence-electron chi connectivity index (χ3n) is 5.14. The Kier molecular flexibility index (Phi) is 7.79. The molecule has 2 aromatic carbocycles. The molecular weight excluding hydrogens is 401 g/mol. The second-order valence-corrected chi connectivity index (χ2v) is 8.79. The van der Waals surface area contributed by atoms with Gasteiger partial charge in [0.15, 0.2) is 0 Å². The highest BCUT2D eigenvalue weighted by atomic mass is 19.1. The molecular formula is C24H30FNO5. The molecule has 0 radical (unpaired) electrons. The Hall–Kier alpha value is -2.93. The third kappa shape index (κ3) is 6.52. The van der Waals surface area contributed by atoms with Gasteiger partial charge in [-0.25, -0.2) is 9.18 Å². The highest BCUT2D eigenvalue weighted by Gasteiger charge is 2.42. The minimum absolute atomic E-state index is 0.266. The van der Waals surface area contributed by atoms with Crippen LogP contribution in [0.3, 0.4) is 0 Å². The zero-order valence-electron chi connectivity index (χ0n) is 18.3. The minimum Gasteiger partial charge on any atom is -0.481 e. The SMILES string of the molecule is CC(C)(C)OC(=O)NC(CCc1ccc(-c2ccccc2F)cc1)C(C)(CO)C(=O)O. The number of halogens is 1. The molecule has 0 aliphatic rings. The van der Waals surface area contributed by atoms with Gasteiger partial charge in [-0.2, -0.15) is 0 Å². The maximum Gasteiger partial charge on any atom is 0.407 e. The van der Waals surface area contributed by atoms with Gasteiger partial charge in [0.25, 0.3) is 0 Å². The number of rotatable bonds is 8. The second kappa shape index (κ2) is 9.92. The van der Waals surface area contributed by atoms with E-state index in [-0.39, 0.29) is 12.2 Å². The maximum absolute atomic E-state index is 14.0. The molecule has 0 saturated carbocycles. The summed E-state index contributed by atoms with van der Waals surface area (Å²) in [6.45, 7) is 5.87. The average molecular weight is 432 g/mol. The number of carbonyl (C=O) groups excluding carboxylic acids is 1. The summed E-state index contributed by atoms with van der Waals surface area (Å²) in [5.74, 6) is -1.52. The fraction of sp³-hybridized carbons (Fsp3) is 0.417. The van der Waals surface area contributed by atoms with Crippen LogP contribution in [0.4, 0.5) is 9.18 Å². The molecule has 7 heteroatoms. The van der Waals surface area contributed by atoms with Crippen LogP contribution in [0.1, 0.15) is 39.7 Å². The first-order valence-corrected chi connectivity index (χ1v) is 10.1. The Morgan fingerprint density at radius 1 is 1.06 bits per heavy atom. The number of aliphatic hydroxyl groups excluding tert-OH is 1. The number of hydrogen-bond acceptors (Lipinski definition) is 4. The highest BCUT2D eigenvalue weighted by molar-refractivity contribution is 5.77. The number of nitrogens with one attached hydrogen (secondary N) is 1. The quantitative estimate of drug-likeness (QED) is 0.576. The van der Waals surface area contributed by atoms with E-state index in [1.165, 1.54) is 13.0 Å². The van der Waals surface area contributed by atoms with Crippen LogP contribution < -0.4 is 5.32 Å². The van der Waals surface area contributed by atoms with Gasteiger partial charge in [0.2, 0.25) is 0 Å². The standard InChI is InChI=1S/C24H30FNO5/c1-23(2,3)31-22(30)26-20(24(4,15-27)21(28)29)14-11-16-9-12-17(13-10-16)18-7-5-6-8-19(18)25/h5-10,12-13,20,27H,11,14-15H2,1-4H3,(H,26,30)(H,28,29). The van der Waals surface area contributed by atoms with Crippen LogP contribution in [0, 0.1) is 11.2 Å². The van der Waals surface area contributed by atoms with Crippen molar-refractivity contribution in [3.63, 3.8) is 0 Å². The van der Waals surface area contributed by atoms with Gasteiger partial charge in [0, 0.05) is 5.56 Å². The Morgan fingerprint density at radius 3 is 2.19 bits per heavy atom. The molecule has 168 valence electrons. The van der Waals surface area contributed by atoms with Crippen molar-refractivity contribution >= 4 is 12.1 Å². The molecule has 0 heterocycles. The molecule has 0 aliphatic carbocycles. The third-order valence-corrected chi connectivity index (χ3v) is 5.14. The number of alkyl carbamates (subject to hydrolysis) is 1. The van der Waals surface area contributed by atoms with Crippen molar-refractivity contribution in [2.45, 2.75) is 52.2 Å². The van der Waals surface area contributed by atoms with E-state index in [4.69, 9.17) is 4.74 Å². The number of aliphatic hydroxyl groups is 1. The van der Waals surface area contributed by atoms with E-state index >= 15 is 0 Å². The van der Waals surface area contributed by atoms with Gasteiger partial charge < -0.3 is 20.3 Å². The number of ether oxygens (including phenoxy) is 1. The lowest BCUT2D eigenvalue weighted by molar-refractivity contribution is -0.152. The smallest absolute Gasteiger partial charge is 0.407 e. The Bertz CT molecular complexity index is 907. The largest absolute Gasteiger partial charge is 0.481 e. The molecule has 3 N–H and O–H groups in total. The first kappa shape index (κ1) is 24.3.